The number of benzene rings is 1. The molecule has 1 aliphatic heterocycles. The maximum absolute atomic E-state index is 11.8. The number of carbonyl (C=O) groups excluding carboxylic acids is 1. The summed E-state index contributed by atoms with van der Waals surface area (Å²) in [6, 6.07) is 7.95. The van der Waals surface area contributed by atoms with E-state index in [0.29, 0.717) is 13.0 Å². The lowest BCUT2D eigenvalue weighted by Gasteiger charge is -2.35. The number of hydrogen-bond acceptors (Lipinski definition) is 3. The molecule has 2 rings (SSSR count). The first-order valence-corrected chi connectivity index (χ1v) is 7.93. The zero-order chi connectivity index (χ0) is 15.1. The molecule has 1 heterocycles. The SMILES string of the molecule is CCCC(=O)NC[C@@H](c1ccccc1Cl)N1CCOCC1. The van der Waals surface area contributed by atoms with Crippen LogP contribution in [0.2, 0.25) is 5.02 Å². The van der Waals surface area contributed by atoms with Gasteiger partial charge in [0.15, 0.2) is 0 Å². The molecule has 1 N–H and O–H groups in total. The smallest absolute Gasteiger partial charge is 0.220 e. The van der Waals surface area contributed by atoms with Crippen LogP contribution in [0.25, 0.3) is 0 Å². The lowest BCUT2D eigenvalue weighted by molar-refractivity contribution is -0.121. The summed E-state index contributed by atoms with van der Waals surface area (Å²) in [5.41, 5.74) is 1.07. The number of amides is 1. The standard InChI is InChI=1S/C16H23ClN2O2/c1-2-5-16(20)18-12-15(19-8-10-21-11-9-19)13-6-3-4-7-14(13)17/h3-4,6-7,15H,2,5,8-12H2,1H3,(H,18,20)/t15-/m0/s1. The van der Waals surface area contributed by atoms with Crippen LogP contribution in [-0.4, -0.2) is 43.7 Å². The first kappa shape index (κ1) is 16.3. The summed E-state index contributed by atoms with van der Waals surface area (Å²) in [5, 5.41) is 3.78. The third-order valence-corrected chi connectivity index (χ3v) is 4.06. The summed E-state index contributed by atoms with van der Waals surface area (Å²) >= 11 is 6.34. The summed E-state index contributed by atoms with van der Waals surface area (Å²) in [6.07, 6.45) is 1.43. The fraction of sp³-hybridized carbons (Fsp3) is 0.562. The van der Waals surface area contributed by atoms with Crippen LogP contribution < -0.4 is 5.32 Å². The Bertz CT molecular complexity index is 461. The quantitative estimate of drug-likeness (QED) is 0.878. The maximum atomic E-state index is 11.8. The Morgan fingerprint density at radius 3 is 2.76 bits per heavy atom. The van der Waals surface area contributed by atoms with Gasteiger partial charge < -0.3 is 10.1 Å². The third kappa shape index (κ3) is 4.70. The normalized spacial score (nSPS) is 17.4. The van der Waals surface area contributed by atoms with Crippen molar-refractivity contribution in [3.05, 3.63) is 34.9 Å². The molecular weight excluding hydrogens is 288 g/mol. The topological polar surface area (TPSA) is 41.6 Å². The van der Waals surface area contributed by atoms with E-state index < -0.39 is 0 Å². The lowest BCUT2D eigenvalue weighted by Crippen LogP contribution is -2.43. The zero-order valence-corrected chi connectivity index (χ0v) is 13.2. The Labute approximate surface area is 131 Å². The van der Waals surface area contributed by atoms with E-state index in [-0.39, 0.29) is 11.9 Å². The summed E-state index contributed by atoms with van der Waals surface area (Å²) in [7, 11) is 0. The fourth-order valence-electron chi connectivity index (χ4n) is 2.60. The van der Waals surface area contributed by atoms with E-state index in [1.165, 1.54) is 0 Å². The second kappa shape index (κ2) is 8.37. The Balaban J connectivity index is 2.10. The highest BCUT2D eigenvalue weighted by Crippen LogP contribution is 2.27. The molecule has 1 aliphatic rings. The predicted molar refractivity (Wildman–Crippen MR) is 84.5 cm³/mol. The summed E-state index contributed by atoms with van der Waals surface area (Å²) in [6.45, 7) is 5.77. The van der Waals surface area contributed by atoms with Crippen LogP contribution in [0.15, 0.2) is 24.3 Å². The molecule has 116 valence electrons. The van der Waals surface area contributed by atoms with Gasteiger partial charge in [0, 0.05) is 31.1 Å². The van der Waals surface area contributed by atoms with Gasteiger partial charge in [-0.1, -0.05) is 36.7 Å². The number of ether oxygens (including phenoxy) is 1. The van der Waals surface area contributed by atoms with Gasteiger partial charge in [-0.2, -0.15) is 0 Å². The van der Waals surface area contributed by atoms with E-state index in [4.69, 9.17) is 16.3 Å². The third-order valence-electron chi connectivity index (χ3n) is 3.72. The van der Waals surface area contributed by atoms with E-state index >= 15 is 0 Å². The van der Waals surface area contributed by atoms with Gasteiger partial charge in [0.25, 0.3) is 0 Å². The van der Waals surface area contributed by atoms with Gasteiger partial charge in [-0.3, -0.25) is 9.69 Å². The molecule has 0 spiro atoms. The van der Waals surface area contributed by atoms with Gasteiger partial charge >= 0.3 is 0 Å². The second-order valence-electron chi connectivity index (χ2n) is 5.24. The minimum atomic E-state index is 0.0998. The Morgan fingerprint density at radius 2 is 2.10 bits per heavy atom. The molecule has 1 aromatic rings. The van der Waals surface area contributed by atoms with Crippen molar-refractivity contribution in [2.45, 2.75) is 25.8 Å². The molecule has 1 aromatic carbocycles. The molecule has 0 aromatic heterocycles. The molecule has 1 saturated heterocycles. The van der Waals surface area contributed by atoms with E-state index in [9.17, 15) is 4.79 Å². The largest absolute Gasteiger partial charge is 0.379 e. The summed E-state index contributed by atoms with van der Waals surface area (Å²) < 4.78 is 5.42. The molecular formula is C16H23ClN2O2. The van der Waals surface area contributed by atoms with Crippen molar-refractivity contribution in [1.82, 2.24) is 10.2 Å². The highest BCUT2D eigenvalue weighted by molar-refractivity contribution is 6.31. The highest BCUT2D eigenvalue weighted by atomic mass is 35.5. The average Bonchev–Trinajstić information content (AvgIpc) is 2.50. The van der Waals surface area contributed by atoms with E-state index in [1.54, 1.807) is 0 Å². The molecule has 0 bridgehead atoms. The summed E-state index contributed by atoms with van der Waals surface area (Å²) in [5.74, 6) is 0.0998. The molecule has 4 nitrogen and oxygen atoms in total. The number of carbonyl (C=O) groups is 1. The van der Waals surface area contributed by atoms with Gasteiger partial charge in [0.05, 0.1) is 19.3 Å². The van der Waals surface area contributed by atoms with Crippen LogP contribution in [0.1, 0.15) is 31.4 Å². The van der Waals surface area contributed by atoms with Crippen LogP contribution in [0, 0.1) is 0 Å². The van der Waals surface area contributed by atoms with Gasteiger partial charge in [-0.25, -0.2) is 0 Å². The minimum Gasteiger partial charge on any atom is -0.379 e. The molecule has 1 fully saturated rings. The van der Waals surface area contributed by atoms with Gasteiger partial charge in [0.1, 0.15) is 0 Å². The van der Waals surface area contributed by atoms with Crippen molar-refractivity contribution < 1.29 is 9.53 Å². The zero-order valence-electron chi connectivity index (χ0n) is 12.5. The average molecular weight is 311 g/mol. The molecule has 0 saturated carbocycles. The van der Waals surface area contributed by atoms with Gasteiger partial charge in [0.2, 0.25) is 5.91 Å². The molecule has 0 unspecified atom stereocenters. The number of nitrogens with one attached hydrogen (secondary N) is 1. The number of nitrogens with zero attached hydrogens (tertiary/aromatic N) is 1. The Kier molecular flexibility index (Phi) is 6.49. The fourth-order valence-corrected chi connectivity index (χ4v) is 2.86. The van der Waals surface area contributed by atoms with Crippen LogP contribution in [-0.2, 0) is 9.53 Å². The van der Waals surface area contributed by atoms with E-state index in [0.717, 1.165) is 43.3 Å². The van der Waals surface area contributed by atoms with E-state index in [2.05, 4.69) is 10.2 Å². The van der Waals surface area contributed by atoms with Crippen molar-refractivity contribution in [2.75, 3.05) is 32.8 Å². The number of hydrogen-bond donors (Lipinski definition) is 1. The molecule has 5 heteroatoms. The minimum absolute atomic E-state index is 0.0998. The lowest BCUT2D eigenvalue weighted by atomic mass is 10.0. The molecule has 1 atom stereocenters. The van der Waals surface area contributed by atoms with Gasteiger partial charge in [-0.05, 0) is 18.1 Å². The second-order valence-corrected chi connectivity index (χ2v) is 5.65. The van der Waals surface area contributed by atoms with E-state index in [1.807, 2.05) is 31.2 Å². The van der Waals surface area contributed by atoms with Crippen molar-refractivity contribution in [2.24, 2.45) is 0 Å². The van der Waals surface area contributed by atoms with Crippen LogP contribution in [0.3, 0.4) is 0 Å². The number of rotatable bonds is 6. The maximum Gasteiger partial charge on any atom is 0.220 e. The van der Waals surface area contributed by atoms with Crippen molar-refractivity contribution >= 4 is 17.5 Å². The van der Waals surface area contributed by atoms with Crippen molar-refractivity contribution in [3.8, 4) is 0 Å². The molecule has 0 radical (unpaired) electrons. The Hall–Kier alpha value is -1.10. The van der Waals surface area contributed by atoms with Crippen molar-refractivity contribution in [3.63, 3.8) is 0 Å². The number of morpholine rings is 1. The van der Waals surface area contributed by atoms with Crippen LogP contribution in [0.4, 0.5) is 0 Å². The van der Waals surface area contributed by atoms with Crippen LogP contribution in [0.5, 0.6) is 0 Å². The van der Waals surface area contributed by atoms with Crippen molar-refractivity contribution in [1.29, 1.82) is 0 Å². The number of halogens is 1. The first-order valence-electron chi connectivity index (χ1n) is 7.55. The predicted octanol–water partition coefficient (Wildman–Crippen LogP) is 2.63. The molecule has 21 heavy (non-hydrogen) atoms. The molecule has 0 aliphatic carbocycles. The highest BCUT2D eigenvalue weighted by Gasteiger charge is 2.24. The van der Waals surface area contributed by atoms with Crippen LogP contribution >= 0.6 is 11.6 Å². The molecule has 1 amide bonds. The monoisotopic (exact) mass is 310 g/mol. The van der Waals surface area contributed by atoms with Gasteiger partial charge in [-0.15, -0.1) is 0 Å². The Morgan fingerprint density at radius 1 is 1.38 bits per heavy atom. The first-order chi connectivity index (χ1) is 10.2. The summed E-state index contributed by atoms with van der Waals surface area (Å²) in [4.78, 5) is 14.1.